The van der Waals surface area contributed by atoms with Gasteiger partial charge in [0.25, 0.3) is 0 Å². The van der Waals surface area contributed by atoms with Crippen LogP contribution in [0.2, 0.25) is 0 Å². The predicted octanol–water partition coefficient (Wildman–Crippen LogP) is 1.54. The van der Waals surface area contributed by atoms with Crippen molar-refractivity contribution in [3.63, 3.8) is 0 Å². The summed E-state index contributed by atoms with van der Waals surface area (Å²) in [7, 11) is -0.287. The molecule has 0 fully saturated rings. The van der Waals surface area contributed by atoms with E-state index >= 15 is 0 Å². The number of hydrogen-bond acceptors (Lipinski definition) is 4. The molecule has 0 aliphatic heterocycles. The van der Waals surface area contributed by atoms with Gasteiger partial charge in [0, 0.05) is 20.1 Å². The third-order valence-corrected chi connectivity index (χ3v) is 5.35. The smallest absolute Gasteiger partial charge is 0.243 e. The highest BCUT2D eigenvalue weighted by Gasteiger charge is 2.24. The first-order valence-corrected chi connectivity index (χ1v) is 8.10. The molecule has 20 heavy (non-hydrogen) atoms. The van der Waals surface area contributed by atoms with Crippen molar-refractivity contribution in [2.75, 3.05) is 33.8 Å². The molecule has 0 heterocycles. The summed E-state index contributed by atoms with van der Waals surface area (Å²) in [4.78, 5) is 0.372. The van der Waals surface area contributed by atoms with E-state index in [9.17, 15) is 8.42 Å². The van der Waals surface area contributed by atoms with E-state index in [-0.39, 0.29) is 0 Å². The van der Waals surface area contributed by atoms with Gasteiger partial charge in [-0.25, -0.2) is 8.42 Å². The standard InChI is InChI=1S/C14H24N2O3S/c1-6-15-7-8-16(4)20(17,18)14-11(2)9-13(19-5)10-12(14)3/h9-10,15H,6-8H2,1-5H3. The quantitative estimate of drug-likeness (QED) is 0.776. The SMILES string of the molecule is CCNCCN(C)S(=O)(=O)c1c(C)cc(OC)cc1C. The molecule has 114 valence electrons. The molecule has 0 bridgehead atoms. The van der Waals surface area contributed by atoms with Crippen molar-refractivity contribution < 1.29 is 13.2 Å². The van der Waals surface area contributed by atoms with Crippen LogP contribution in [0.25, 0.3) is 0 Å². The highest BCUT2D eigenvalue weighted by molar-refractivity contribution is 7.89. The average molecular weight is 300 g/mol. The molecule has 1 N–H and O–H groups in total. The lowest BCUT2D eigenvalue weighted by atomic mass is 10.1. The number of likely N-dealkylation sites (N-methyl/N-ethyl adjacent to an activating group) is 2. The van der Waals surface area contributed by atoms with E-state index in [1.165, 1.54) is 4.31 Å². The van der Waals surface area contributed by atoms with Gasteiger partial charge in [-0.05, 0) is 43.7 Å². The van der Waals surface area contributed by atoms with E-state index in [1.54, 1.807) is 40.1 Å². The Morgan fingerprint density at radius 3 is 2.25 bits per heavy atom. The zero-order chi connectivity index (χ0) is 15.3. The van der Waals surface area contributed by atoms with Crippen LogP contribution in [0.4, 0.5) is 0 Å². The molecule has 0 amide bonds. The summed E-state index contributed by atoms with van der Waals surface area (Å²) >= 11 is 0. The molecule has 0 saturated carbocycles. The minimum absolute atomic E-state index is 0.372. The van der Waals surface area contributed by atoms with Gasteiger partial charge in [0.05, 0.1) is 12.0 Å². The molecule has 0 aliphatic rings. The Morgan fingerprint density at radius 2 is 1.80 bits per heavy atom. The largest absolute Gasteiger partial charge is 0.497 e. The van der Waals surface area contributed by atoms with E-state index in [2.05, 4.69) is 5.32 Å². The second-order valence-electron chi connectivity index (χ2n) is 4.77. The average Bonchev–Trinajstić information content (AvgIpc) is 2.37. The third kappa shape index (κ3) is 3.71. The van der Waals surface area contributed by atoms with Crippen molar-refractivity contribution in [2.45, 2.75) is 25.7 Å². The van der Waals surface area contributed by atoms with Gasteiger partial charge < -0.3 is 10.1 Å². The fraction of sp³-hybridized carbons (Fsp3) is 0.571. The van der Waals surface area contributed by atoms with Crippen LogP contribution in [0, 0.1) is 13.8 Å². The zero-order valence-electron chi connectivity index (χ0n) is 12.9. The van der Waals surface area contributed by atoms with Crippen molar-refractivity contribution in [3.05, 3.63) is 23.3 Å². The summed E-state index contributed by atoms with van der Waals surface area (Å²) in [6.45, 7) is 7.49. The molecule has 0 unspecified atom stereocenters. The van der Waals surface area contributed by atoms with Gasteiger partial charge in [-0.2, -0.15) is 4.31 Å². The molecular weight excluding hydrogens is 276 g/mol. The minimum Gasteiger partial charge on any atom is -0.497 e. The summed E-state index contributed by atoms with van der Waals surface area (Å²) in [5.41, 5.74) is 1.41. The summed E-state index contributed by atoms with van der Waals surface area (Å²) < 4.78 is 31.8. The van der Waals surface area contributed by atoms with Crippen LogP contribution in [0.3, 0.4) is 0 Å². The summed E-state index contributed by atoms with van der Waals surface area (Å²) in [5.74, 6) is 0.675. The molecule has 6 heteroatoms. The lowest BCUT2D eigenvalue weighted by Gasteiger charge is -2.20. The Morgan fingerprint density at radius 1 is 1.25 bits per heavy atom. The summed E-state index contributed by atoms with van der Waals surface area (Å²) in [6.07, 6.45) is 0. The van der Waals surface area contributed by atoms with Gasteiger partial charge in [0.15, 0.2) is 0 Å². The maximum Gasteiger partial charge on any atom is 0.243 e. The fourth-order valence-corrected chi connectivity index (χ4v) is 3.70. The molecular formula is C14H24N2O3S. The number of methoxy groups -OCH3 is 1. The first-order valence-electron chi connectivity index (χ1n) is 6.66. The van der Waals surface area contributed by atoms with Crippen molar-refractivity contribution in [1.29, 1.82) is 0 Å². The van der Waals surface area contributed by atoms with Crippen LogP contribution in [0.15, 0.2) is 17.0 Å². The molecule has 5 nitrogen and oxygen atoms in total. The van der Waals surface area contributed by atoms with Gasteiger partial charge >= 0.3 is 0 Å². The van der Waals surface area contributed by atoms with Crippen LogP contribution >= 0.6 is 0 Å². The zero-order valence-corrected chi connectivity index (χ0v) is 13.7. The molecule has 1 aromatic rings. The number of sulfonamides is 1. The Kier molecular flexibility index (Phi) is 5.98. The number of benzene rings is 1. The maximum absolute atomic E-state index is 12.6. The molecule has 0 atom stereocenters. The first kappa shape index (κ1) is 16.9. The molecule has 1 aromatic carbocycles. The molecule has 0 saturated heterocycles. The van der Waals surface area contributed by atoms with Gasteiger partial charge in [0.1, 0.15) is 5.75 Å². The summed E-state index contributed by atoms with van der Waals surface area (Å²) in [6, 6.07) is 3.50. The van der Waals surface area contributed by atoms with E-state index < -0.39 is 10.0 Å². The number of ether oxygens (including phenoxy) is 1. The number of nitrogens with zero attached hydrogens (tertiary/aromatic N) is 1. The second kappa shape index (κ2) is 7.06. The normalized spacial score (nSPS) is 11.9. The Bertz CT molecular complexity index is 533. The van der Waals surface area contributed by atoms with Crippen LogP contribution in [0.5, 0.6) is 5.75 Å². The molecule has 0 aliphatic carbocycles. The van der Waals surface area contributed by atoms with Gasteiger partial charge in [-0.15, -0.1) is 0 Å². The van der Waals surface area contributed by atoms with Crippen LogP contribution in [-0.4, -0.2) is 46.5 Å². The lowest BCUT2D eigenvalue weighted by Crippen LogP contribution is -2.34. The number of aryl methyl sites for hydroxylation is 2. The van der Waals surface area contributed by atoms with Crippen molar-refractivity contribution in [1.82, 2.24) is 9.62 Å². The monoisotopic (exact) mass is 300 g/mol. The number of nitrogens with one attached hydrogen (secondary N) is 1. The van der Waals surface area contributed by atoms with Gasteiger partial charge in [-0.1, -0.05) is 6.92 Å². The molecule has 0 spiro atoms. The maximum atomic E-state index is 12.6. The number of rotatable bonds is 7. The fourth-order valence-electron chi connectivity index (χ4n) is 2.12. The van der Waals surface area contributed by atoms with Crippen LogP contribution in [-0.2, 0) is 10.0 Å². The van der Waals surface area contributed by atoms with E-state index in [4.69, 9.17) is 4.74 Å². The predicted molar refractivity (Wildman–Crippen MR) is 80.8 cm³/mol. The van der Waals surface area contributed by atoms with Crippen LogP contribution in [0.1, 0.15) is 18.1 Å². The first-order chi connectivity index (χ1) is 9.34. The Balaban J connectivity index is 3.09. The van der Waals surface area contributed by atoms with Crippen molar-refractivity contribution in [3.8, 4) is 5.75 Å². The highest BCUT2D eigenvalue weighted by Crippen LogP contribution is 2.27. The minimum atomic E-state index is -3.47. The number of hydrogen-bond donors (Lipinski definition) is 1. The van der Waals surface area contributed by atoms with E-state index in [1.807, 2.05) is 6.92 Å². The molecule has 1 rings (SSSR count). The summed E-state index contributed by atoms with van der Waals surface area (Å²) in [5, 5.41) is 3.12. The molecule has 0 radical (unpaired) electrons. The second-order valence-corrected chi connectivity index (χ2v) is 6.75. The van der Waals surface area contributed by atoms with Crippen molar-refractivity contribution in [2.24, 2.45) is 0 Å². The topological polar surface area (TPSA) is 58.6 Å². The third-order valence-electron chi connectivity index (χ3n) is 3.19. The van der Waals surface area contributed by atoms with Gasteiger partial charge in [-0.3, -0.25) is 0 Å². The van der Waals surface area contributed by atoms with Gasteiger partial charge in [0.2, 0.25) is 10.0 Å². The van der Waals surface area contributed by atoms with E-state index in [0.717, 1.165) is 6.54 Å². The van der Waals surface area contributed by atoms with Crippen molar-refractivity contribution >= 4 is 10.0 Å². The Labute approximate surface area is 122 Å². The van der Waals surface area contributed by atoms with E-state index in [0.29, 0.717) is 34.9 Å². The highest BCUT2D eigenvalue weighted by atomic mass is 32.2. The Hall–Kier alpha value is -1.11. The van der Waals surface area contributed by atoms with Crippen LogP contribution < -0.4 is 10.1 Å². The lowest BCUT2D eigenvalue weighted by molar-refractivity contribution is 0.413. The molecule has 0 aromatic heterocycles.